The minimum atomic E-state index is -0.892. The summed E-state index contributed by atoms with van der Waals surface area (Å²) >= 11 is 0. The maximum absolute atomic E-state index is 11.9. The zero-order valence-corrected chi connectivity index (χ0v) is 12.6. The fraction of sp³-hybridized carbons (Fsp3) is 0.278. The first-order valence-electron chi connectivity index (χ1n) is 7.28. The Morgan fingerprint density at radius 1 is 1.09 bits per heavy atom. The largest absolute Gasteiger partial charge is 0.469 e. The zero-order valence-electron chi connectivity index (χ0n) is 12.6. The lowest BCUT2D eigenvalue weighted by Crippen LogP contribution is -2.33. The molecule has 0 aliphatic carbocycles. The molecular formula is C18H21NO3. The lowest BCUT2D eigenvalue weighted by atomic mass is 9.95. The third kappa shape index (κ3) is 4.41. The van der Waals surface area contributed by atoms with Crippen LogP contribution in [-0.2, 0) is 16.1 Å². The fourth-order valence-electron chi connectivity index (χ4n) is 2.33. The van der Waals surface area contributed by atoms with Crippen molar-refractivity contribution in [3.63, 3.8) is 0 Å². The van der Waals surface area contributed by atoms with Gasteiger partial charge in [-0.05, 0) is 11.1 Å². The highest BCUT2D eigenvalue weighted by Gasteiger charge is 2.28. The van der Waals surface area contributed by atoms with Gasteiger partial charge in [0.1, 0.15) is 0 Å². The topological polar surface area (TPSA) is 58.6 Å². The van der Waals surface area contributed by atoms with Crippen molar-refractivity contribution in [1.29, 1.82) is 0 Å². The molecule has 2 N–H and O–H groups in total. The van der Waals surface area contributed by atoms with Gasteiger partial charge in [0, 0.05) is 13.1 Å². The molecule has 0 radical (unpaired) electrons. The van der Waals surface area contributed by atoms with Gasteiger partial charge in [-0.2, -0.15) is 0 Å². The van der Waals surface area contributed by atoms with Gasteiger partial charge in [0.15, 0.2) is 0 Å². The second kappa shape index (κ2) is 8.32. The number of nitrogens with one attached hydrogen (secondary N) is 1. The molecule has 0 amide bonds. The molecule has 2 atom stereocenters. The van der Waals surface area contributed by atoms with Crippen LogP contribution < -0.4 is 5.32 Å². The summed E-state index contributed by atoms with van der Waals surface area (Å²) < 4.78 is 4.82. The van der Waals surface area contributed by atoms with Crippen LogP contribution in [0.4, 0.5) is 0 Å². The van der Waals surface area contributed by atoms with Gasteiger partial charge in [0.25, 0.3) is 0 Å². The number of ether oxygens (including phenoxy) is 1. The van der Waals surface area contributed by atoms with Crippen molar-refractivity contribution in [2.75, 3.05) is 13.7 Å². The molecule has 0 aromatic heterocycles. The highest BCUT2D eigenvalue weighted by Crippen LogP contribution is 2.22. The molecule has 4 nitrogen and oxygen atoms in total. The maximum atomic E-state index is 11.9. The molecule has 2 rings (SSSR count). The number of esters is 1. The Morgan fingerprint density at radius 3 is 2.27 bits per heavy atom. The molecule has 0 saturated carbocycles. The molecule has 0 aliphatic heterocycles. The van der Waals surface area contributed by atoms with E-state index in [1.165, 1.54) is 7.11 Å². The smallest absolute Gasteiger partial charge is 0.312 e. The number of carbonyl (C=O) groups is 1. The number of aliphatic hydroxyl groups is 1. The highest BCUT2D eigenvalue weighted by atomic mass is 16.5. The van der Waals surface area contributed by atoms with Crippen molar-refractivity contribution in [3.05, 3.63) is 71.8 Å². The summed E-state index contributed by atoms with van der Waals surface area (Å²) in [4.78, 5) is 11.9. The molecule has 2 aromatic carbocycles. The van der Waals surface area contributed by atoms with E-state index in [1.807, 2.05) is 48.5 Å². The standard InChI is InChI=1S/C18H21NO3/c1-22-18(21)16(17(20)15-10-6-3-7-11-15)13-19-12-14-8-4-2-5-9-14/h2-11,16-17,19-20H,12-13H2,1H3/t16-,17?/m1/s1. The Balaban J connectivity index is 1.99. The summed E-state index contributed by atoms with van der Waals surface area (Å²) in [5, 5.41) is 13.6. The molecule has 1 unspecified atom stereocenters. The lowest BCUT2D eigenvalue weighted by molar-refractivity contribution is -0.149. The van der Waals surface area contributed by atoms with Crippen LogP contribution in [0.2, 0.25) is 0 Å². The van der Waals surface area contributed by atoms with Gasteiger partial charge in [-0.1, -0.05) is 60.7 Å². The average Bonchev–Trinajstić information content (AvgIpc) is 2.59. The van der Waals surface area contributed by atoms with E-state index in [-0.39, 0.29) is 0 Å². The van der Waals surface area contributed by atoms with Crippen LogP contribution in [0.15, 0.2) is 60.7 Å². The van der Waals surface area contributed by atoms with Crippen LogP contribution in [0, 0.1) is 5.92 Å². The number of hydrogen-bond acceptors (Lipinski definition) is 4. The van der Waals surface area contributed by atoms with E-state index >= 15 is 0 Å². The molecule has 0 aliphatic rings. The Morgan fingerprint density at radius 2 is 1.68 bits per heavy atom. The third-order valence-corrected chi connectivity index (χ3v) is 3.56. The van der Waals surface area contributed by atoms with Crippen LogP contribution in [0.3, 0.4) is 0 Å². The van der Waals surface area contributed by atoms with Crippen LogP contribution in [0.1, 0.15) is 17.2 Å². The molecule has 4 heteroatoms. The summed E-state index contributed by atoms with van der Waals surface area (Å²) in [5.41, 5.74) is 1.83. The quantitative estimate of drug-likeness (QED) is 0.770. The van der Waals surface area contributed by atoms with E-state index in [4.69, 9.17) is 4.74 Å². The van der Waals surface area contributed by atoms with Gasteiger partial charge >= 0.3 is 5.97 Å². The first kappa shape index (κ1) is 16.2. The molecule has 116 valence electrons. The van der Waals surface area contributed by atoms with E-state index in [1.54, 1.807) is 12.1 Å². The lowest BCUT2D eigenvalue weighted by Gasteiger charge is -2.21. The number of hydrogen-bond donors (Lipinski definition) is 2. The Bertz CT molecular complexity index is 571. The monoisotopic (exact) mass is 299 g/mol. The van der Waals surface area contributed by atoms with Gasteiger partial charge in [-0.15, -0.1) is 0 Å². The van der Waals surface area contributed by atoms with Crippen molar-refractivity contribution < 1.29 is 14.6 Å². The van der Waals surface area contributed by atoms with E-state index in [0.717, 1.165) is 5.56 Å². The van der Waals surface area contributed by atoms with Crippen molar-refractivity contribution in [2.45, 2.75) is 12.6 Å². The number of benzene rings is 2. The van der Waals surface area contributed by atoms with Gasteiger partial charge in [-0.25, -0.2) is 0 Å². The molecule has 0 fully saturated rings. The number of rotatable bonds is 7. The van der Waals surface area contributed by atoms with Crippen molar-refractivity contribution >= 4 is 5.97 Å². The summed E-state index contributed by atoms with van der Waals surface area (Å²) in [6.07, 6.45) is -0.892. The SMILES string of the molecule is COC(=O)[C@H](CNCc1ccccc1)C(O)c1ccccc1. The Labute approximate surface area is 130 Å². The molecule has 0 saturated heterocycles. The van der Waals surface area contributed by atoms with Gasteiger partial charge in [-0.3, -0.25) is 4.79 Å². The summed E-state index contributed by atoms with van der Waals surface area (Å²) in [6.45, 7) is 0.980. The number of aliphatic hydroxyl groups excluding tert-OH is 1. The van der Waals surface area contributed by atoms with Crippen LogP contribution in [-0.4, -0.2) is 24.7 Å². The molecule has 22 heavy (non-hydrogen) atoms. The normalized spacial score (nSPS) is 13.4. The molecule has 0 heterocycles. The van der Waals surface area contributed by atoms with E-state index < -0.39 is 18.0 Å². The predicted molar refractivity (Wildman–Crippen MR) is 85.1 cm³/mol. The average molecular weight is 299 g/mol. The Hall–Kier alpha value is -2.17. The number of methoxy groups -OCH3 is 1. The molecule has 0 bridgehead atoms. The van der Waals surface area contributed by atoms with Gasteiger partial charge < -0.3 is 15.2 Å². The summed E-state index contributed by atoms with van der Waals surface area (Å²) in [7, 11) is 1.34. The van der Waals surface area contributed by atoms with Gasteiger partial charge in [0.05, 0.1) is 19.1 Å². The molecule has 2 aromatic rings. The summed E-state index contributed by atoms with van der Waals surface area (Å²) in [6, 6.07) is 19.1. The van der Waals surface area contributed by atoms with Crippen molar-refractivity contribution in [2.24, 2.45) is 5.92 Å². The number of carbonyl (C=O) groups excluding carboxylic acids is 1. The summed E-state index contributed by atoms with van der Waals surface area (Å²) in [5.74, 6) is -1.06. The minimum absolute atomic E-state index is 0.345. The van der Waals surface area contributed by atoms with Crippen molar-refractivity contribution in [1.82, 2.24) is 5.32 Å². The Kier molecular flexibility index (Phi) is 6.13. The third-order valence-electron chi connectivity index (χ3n) is 3.56. The van der Waals surface area contributed by atoms with E-state index in [0.29, 0.717) is 18.7 Å². The van der Waals surface area contributed by atoms with Crippen LogP contribution in [0.5, 0.6) is 0 Å². The predicted octanol–water partition coefficient (Wildman–Crippen LogP) is 2.30. The second-order valence-corrected chi connectivity index (χ2v) is 5.10. The maximum Gasteiger partial charge on any atom is 0.312 e. The van der Waals surface area contributed by atoms with Crippen LogP contribution >= 0.6 is 0 Å². The second-order valence-electron chi connectivity index (χ2n) is 5.10. The minimum Gasteiger partial charge on any atom is -0.469 e. The van der Waals surface area contributed by atoms with E-state index in [2.05, 4.69) is 5.32 Å². The first-order chi connectivity index (χ1) is 10.7. The highest BCUT2D eigenvalue weighted by molar-refractivity contribution is 5.73. The molecule has 0 spiro atoms. The van der Waals surface area contributed by atoms with E-state index in [9.17, 15) is 9.90 Å². The zero-order chi connectivity index (χ0) is 15.8. The van der Waals surface area contributed by atoms with Gasteiger partial charge in [0.2, 0.25) is 0 Å². The van der Waals surface area contributed by atoms with Crippen LogP contribution in [0.25, 0.3) is 0 Å². The first-order valence-corrected chi connectivity index (χ1v) is 7.28. The van der Waals surface area contributed by atoms with Crippen molar-refractivity contribution in [3.8, 4) is 0 Å². The molecular weight excluding hydrogens is 278 g/mol. The fourth-order valence-corrected chi connectivity index (χ4v) is 2.33.